The van der Waals surface area contributed by atoms with E-state index >= 15 is 0 Å². The molecule has 0 aliphatic rings. The maximum atomic E-state index is 13.4. The molecule has 2 atom stereocenters. The average Bonchev–Trinajstić information content (AvgIpc) is 2.21. The van der Waals surface area contributed by atoms with Crippen molar-refractivity contribution in [2.24, 2.45) is 0 Å². The maximum Gasteiger partial charge on any atom is 0.336 e. The van der Waals surface area contributed by atoms with Crippen LogP contribution in [0.4, 0.5) is 8.78 Å². The molecular weight excluding hydrogens is 218 g/mol. The minimum absolute atomic E-state index is 0.160. The van der Waals surface area contributed by atoms with Crippen molar-refractivity contribution in [1.29, 1.82) is 0 Å². The number of benzene rings is 1. The van der Waals surface area contributed by atoms with E-state index in [0.717, 1.165) is 13.0 Å². The van der Waals surface area contributed by atoms with Crippen molar-refractivity contribution >= 4 is 5.97 Å². The highest BCUT2D eigenvalue weighted by Crippen LogP contribution is 2.30. The van der Waals surface area contributed by atoms with Crippen molar-refractivity contribution in [2.75, 3.05) is 0 Å². The van der Waals surface area contributed by atoms with E-state index in [-0.39, 0.29) is 5.56 Å². The van der Waals surface area contributed by atoms with Crippen LogP contribution < -0.4 is 0 Å². The van der Waals surface area contributed by atoms with Crippen LogP contribution in [-0.2, 0) is 4.79 Å². The van der Waals surface area contributed by atoms with Crippen LogP contribution >= 0.6 is 0 Å². The van der Waals surface area contributed by atoms with E-state index in [1.165, 1.54) is 19.1 Å². The van der Waals surface area contributed by atoms with Gasteiger partial charge in [-0.25, -0.2) is 13.6 Å². The highest BCUT2D eigenvalue weighted by molar-refractivity contribution is 5.78. The van der Waals surface area contributed by atoms with Crippen LogP contribution in [0, 0.1) is 11.6 Å². The fraction of sp³-hybridized carbons (Fsp3) is 0.364. The molecule has 0 bridgehead atoms. The molecule has 0 saturated heterocycles. The van der Waals surface area contributed by atoms with Crippen molar-refractivity contribution in [3.63, 3.8) is 0 Å². The molecule has 3 nitrogen and oxygen atoms in total. The third-order valence-corrected chi connectivity index (χ3v) is 2.72. The molecule has 0 spiro atoms. The van der Waals surface area contributed by atoms with Crippen molar-refractivity contribution in [1.82, 2.24) is 0 Å². The van der Waals surface area contributed by atoms with Crippen LogP contribution in [0.15, 0.2) is 18.2 Å². The highest BCUT2D eigenvalue weighted by Gasteiger charge is 2.38. The second-order valence-corrected chi connectivity index (χ2v) is 3.82. The lowest BCUT2D eigenvalue weighted by Gasteiger charge is -2.26. The largest absolute Gasteiger partial charge is 0.479 e. The number of halogens is 2. The van der Waals surface area contributed by atoms with Gasteiger partial charge in [0.1, 0.15) is 0 Å². The first-order chi connectivity index (χ1) is 7.28. The fourth-order valence-corrected chi connectivity index (χ4v) is 1.34. The zero-order chi connectivity index (χ0) is 12.5. The van der Waals surface area contributed by atoms with Crippen LogP contribution in [0.3, 0.4) is 0 Å². The zero-order valence-corrected chi connectivity index (χ0v) is 8.87. The van der Waals surface area contributed by atoms with Crippen LogP contribution in [0.2, 0.25) is 0 Å². The van der Waals surface area contributed by atoms with Gasteiger partial charge in [0, 0.05) is 5.92 Å². The molecular formula is C11H12F2O3. The Morgan fingerprint density at radius 1 is 1.44 bits per heavy atom. The summed E-state index contributed by atoms with van der Waals surface area (Å²) in [7, 11) is 0. The van der Waals surface area contributed by atoms with Gasteiger partial charge in [0.05, 0.1) is 0 Å². The second-order valence-electron chi connectivity index (χ2n) is 3.82. The van der Waals surface area contributed by atoms with E-state index < -0.39 is 29.1 Å². The molecule has 0 amide bonds. The summed E-state index contributed by atoms with van der Waals surface area (Å²) in [5.41, 5.74) is -2.30. The van der Waals surface area contributed by atoms with Gasteiger partial charge in [-0.2, -0.15) is 0 Å². The van der Waals surface area contributed by atoms with Crippen LogP contribution in [0.5, 0.6) is 0 Å². The summed E-state index contributed by atoms with van der Waals surface area (Å²) in [6.07, 6.45) is 0. The van der Waals surface area contributed by atoms with Gasteiger partial charge in [0.2, 0.25) is 0 Å². The lowest BCUT2D eigenvalue weighted by Crippen LogP contribution is -2.40. The standard InChI is InChI=1S/C11H12F2O3/c1-6(11(2,16)10(14)15)7-4-3-5-8(12)9(7)13/h3-6,16H,1-2H3,(H,14,15). The first kappa shape index (κ1) is 12.6. The number of carbonyl (C=O) groups is 1. The number of hydrogen-bond donors (Lipinski definition) is 2. The van der Waals surface area contributed by atoms with Crippen LogP contribution in [0.1, 0.15) is 25.3 Å². The van der Waals surface area contributed by atoms with Gasteiger partial charge in [-0.1, -0.05) is 19.1 Å². The Hall–Kier alpha value is -1.49. The summed E-state index contributed by atoms with van der Waals surface area (Å²) in [4.78, 5) is 10.8. The molecule has 16 heavy (non-hydrogen) atoms. The van der Waals surface area contributed by atoms with Gasteiger partial charge < -0.3 is 10.2 Å². The van der Waals surface area contributed by atoms with E-state index in [1.807, 2.05) is 0 Å². The minimum atomic E-state index is -2.14. The molecule has 1 aromatic carbocycles. The maximum absolute atomic E-state index is 13.4. The number of hydrogen-bond acceptors (Lipinski definition) is 2. The Kier molecular flexibility index (Phi) is 3.28. The molecule has 0 radical (unpaired) electrons. The lowest BCUT2D eigenvalue weighted by molar-refractivity contribution is -0.158. The van der Waals surface area contributed by atoms with Gasteiger partial charge in [0.15, 0.2) is 17.2 Å². The Labute approximate surface area is 91.3 Å². The summed E-state index contributed by atoms with van der Waals surface area (Å²) in [5.74, 6) is -4.73. The predicted molar refractivity (Wildman–Crippen MR) is 53.0 cm³/mol. The summed E-state index contributed by atoms with van der Waals surface area (Å²) in [6.45, 7) is 2.37. The normalized spacial score (nSPS) is 16.6. The third-order valence-electron chi connectivity index (χ3n) is 2.72. The monoisotopic (exact) mass is 230 g/mol. The van der Waals surface area contributed by atoms with Crippen molar-refractivity contribution < 1.29 is 23.8 Å². The van der Waals surface area contributed by atoms with Gasteiger partial charge in [-0.15, -0.1) is 0 Å². The first-order valence-corrected chi connectivity index (χ1v) is 4.68. The van der Waals surface area contributed by atoms with E-state index in [4.69, 9.17) is 5.11 Å². The molecule has 0 aromatic heterocycles. The quantitative estimate of drug-likeness (QED) is 0.833. The number of carboxylic acid groups (broad SMARTS) is 1. The zero-order valence-electron chi connectivity index (χ0n) is 8.87. The van der Waals surface area contributed by atoms with Gasteiger partial charge in [-0.3, -0.25) is 0 Å². The Balaban J connectivity index is 3.20. The van der Waals surface area contributed by atoms with Crippen LogP contribution in [-0.4, -0.2) is 21.8 Å². The smallest absolute Gasteiger partial charge is 0.336 e. The number of carboxylic acids is 1. The SMILES string of the molecule is CC(c1cccc(F)c1F)C(C)(O)C(=O)O. The molecule has 0 saturated carbocycles. The Bertz CT molecular complexity index is 416. The number of aliphatic hydroxyl groups is 1. The number of aliphatic carboxylic acids is 1. The van der Waals surface area contributed by atoms with Crippen LogP contribution in [0.25, 0.3) is 0 Å². The first-order valence-electron chi connectivity index (χ1n) is 4.68. The molecule has 0 heterocycles. The molecule has 88 valence electrons. The Morgan fingerprint density at radius 2 is 2.00 bits per heavy atom. The van der Waals surface area contributed by atoms with Crippen molar-refractivity contribution in [2.45, 2.75) is 25.4 Å². The van der Waals surface area contributed by atoms with E-state index in [9.17, 15) is 18.7 Å². The molecule has 0 fully saturated rings. The summed E-state index contributed by atoms with van der Waals surface area (Å²) < 4.78 is 26.3. The molecule has 1 aromatic rings. The number of rotatable bonds is 3. The second kappa shape index (κ2) is 4.17. The summed E-state index contributed by atoms with van der Waals surface area (Å²) in [6, 6.07) is 3.45. The van der Waals surface area contributed by atoms with Gasteiger partial charge >= 0.3 is 5.97 Å². The molecule has 5 heteroatoms. The molecule has 0 aliphatic heterocycles. The van der Waals surface area contributed by atoms with E-state index in [1.54, 1.807) is 0 Å². The van der Waals surface area contributed by atoms with Crippen molar-refractivity contribution in [3.8, 4) is 0 Å². The van der Waals surface area contributed by atoms with E-state index in [0.29, 0.717) is 0 Å². The van der Waals surface area contributed by atoms with E-state index in [2.05, 4.69) is 0 Å². The molecule has 2 unspecified atom stereocenters. The predicted octanol–water partition coefficient (Wildman–Crippen LogP) is 1.90. The molecule has 2 N–H and O–H groups in total. The lowest BCUT2D eigenvalue weighted by atomic mass is 9.84. The Morgan fingerprint density at radius 3 is 2.50 bits per heavy atom. The summed E-state index contributed by atoms with van der Waals surface area (Å²) >= 11 is 0. The highest BCUT2D eigenvalue weighted by atomic mass is 19.2. The fourth-order valence-electron chi connectivity index (χ4n) is 1.34. The molecule has 1 rings (SSSR count). The van der Waals surface area contributed by atoms with Gasteiger partial charge in [-0.05, 0) is 18.6 Å². The van der Waals surface area contributed by atoms with Gasteiger partial charge in [0.25, 0.3) is 0 Å². The average molecular weight is 230 g/mol. The third kappa shape index (κ3) is 2.04. The molecule has 0 aliphatic carbocycles. The summed E-state index contributed by atoms with van der Waals surface area (Å²) in [5, 5.41) is 18.4. The van der Waals surface area contributed by atoms with Crippen molar-refractivity contribution in [3.05, 3.63) is 35.4 Å². The topological polar surface area (TPSA) is 57.5 Å². The minimum Gasteiger partial charge on any atom is -0.479 e.